The summed E-state index contributed by atoms with van der Waals surface area (Å²) in [5, 5.41) is 9.87. The van der Waals surface area contributed by atoms with E-state index in [9.17, 15) is 13.2 Å². The number of carbonyl (C=O) groups is 1. The van der Waals surface area contributed by atoms with Crippen molar-refractivity contribution in [1.29, 1.82) is 0 Å². The van der Waals surface area contributed by atoms with Gasteiger partial charge in [-0.3, -0.25) is 9.20 Å². The van der Waals surface area contributed by atoms with Crippen LogP contribution in [0.2, 0.25) is 0 Å². The van der Waals surface area contributed by atoms with Gasteiger partial charge in [-0.1, -0.05) is 12.1 Å². The zero-order valence-corrected chi connectivity index (χ0v) is 14.5. The summed E-state index contributed by atoms with van der Waals surface area (Å²) >= 11 is 1.51. The molecular weight excluding hydrogens is 348 g/mol. The standard InChI is InChI=1S/C15H16N4O3S2/c1-10(11-2-4-13(5-3-11)24(16,21)22)17-14(20)8-12-9-19-6-7-23-15(19)18-12/h2-7,9-10H,8H2,1H3,(H,17,20)(H2,16,21,22). The number of benzene rings is 1. The number of hydrogen-bond acceptors (Lipinski definition) is 5. The van der Waals surface area contributed by atoms with Crippen LogP contribution in [0.25, 0.3) is 4.96 Å². The third-order valence-corrected chi connectivity index (χ3v) is 5.27. The molecule has 7 nitrogen and oxygen atoms in total. The molecule has 1 amide bonds. The lowest BCUT2D eigenvalue weighted by molar-refractivity contribution is -0.121. The summed E-state index contributed by atoms with van der Waals surface area (Å²) < 4.78 is 24.4. The zero-order chi connectivity index (χ0) is 17.3. The Kier molecular flexibility index (Phi) is 4.39. The van der Waals surface area contributed by atoms with E-state index in [4.69, 9.17) is 5.14 Å². The normalized spacial score (nSPS) is 13.1. The topological polar surface area (TPSA) is 107 Å². The molecule has 1 atom stereocenters. The van der Waals surface area contributed by atoms with E-state index in [0.29, 0.717) is 5.69 Å². The summed E-state index contributed by atoms with van der Waals surface area (Å²) in [6.45, 7) is 1.83. The van der Waals surface area contributed by atoms with Crippen molar-refractivity contribution in [2.45, 2.75) is 24.3 Å². The first-order valence-corrected chi connectivity index (χ1v) is 9.59. The Morgan fingerprint density at radius 1 is 1.38 bits per heavy atom. The summed E-state index contributed by atoms with van der Waals surface area (Å²) in [6, 6.07) is 5.87. The second-order valence-electron chi connectivity index (χ2n) is 5.41. The predicted octanol–water partition coefficient (Wildman–Crippen LogP) is 1.46. The van der Waals surface area contributed by atoms with Crippen LogP contribution in [0.15, 0.2) is 46.9 Å². The van der Waals surface area contributed by atoms with E-state index in [2.05, 4.69) is 10.3 Å². The summed E-state index contributed by atoms with van der Waals surface area (Å²) in [5.41, 5.74) is 1.50. The van der Waals surface area contributed by atoms with Gasteiger partial charge >= 0.3 is 0 Å². The minimum Gasteiger partial charge on any atom is -0.349 e. The SMILES string of the molecule is CC(NC(=O)Cc1cn2ccsc2n1)c1ccc(S(N)(=O)=O)cc1. The van der Waals surface area contributed by atoms with Crippen LogP contribution in [0, 0.1) is 0 Å². The smallest absolute Gasteiger partial charge is 0.238 e. The second kappa shape index (κ2) is 6.34. The number of aromatic nitrogens is 2. The lowest BCUT2D eigenvalue weighted by atomic mass is 10.1. The van der Waals surface area contributed by atoms with Crippen LogP contribution in [0.1, 0.15) is 24.2 Å². The van der Waals surface area contributed by atoms with Crippen molar-refractivity contribution in [2.75, 3.05) is 0 Å². The first kappa shape index (κ1) is 16.6. The van der Waals surface area contributed by atoms with Crippen LogP contribution in [-0.2, 0) is 21.2 Å². The Morgan fingerprint density at radius 3 is 2.71 bits per heavy atom. The molecule has 0 spiro atoms. The molecule has 9 heteroatoms. The monoisotopic (exact) mass is 364 g/mol. The molecule has 24 heavy (non-hydrogen) atoms. The van der Waals surface area contributed by atoms with E-state index in [1.54, 1.807) is 12.1 Å². The lowest BCUT2D eigenvalue weighted by Gasteiger charge is -2.14. The Hall–Kier alpha value is -2.23. The molecule has 3 rings (SSSR count). The van der Waals surface area contributed by atoms with Crippen molar-refractivity contribution >= 4 is 32.2 Å². The highest BCUT2D eigenvalue weighted by molar-refractivity contribution is 7.89. The summed E-state index contributed by atoms with van der Waals surface area (Å²) in [6.07, 6.45) is 3.91. The molecule has 0 aliphatic carbocycles. The quantitative estimate of drug-likeness (QED) is 0.715. The highest BCUT2D eigenvalue weighted by atomic mass is 32.2. The summed E-state index contributed by atoms with van der Waals surface area (Å²) in [5.74, 6) is -0.149. The number of carbonyl (C=O) groups excluding carboxylic acids is 1. The lowest BCUT2D eigenvalue weighted by Crippen LogP contribution is -2.28. The molecule has 3 N–H and O–H groups in total. The molecule has 0 saturated heterocycles. The molecule has 0 aliphatic heterocycles. The number of nitrogens with zero attached hydrogens (tertiary/aromatic N) is 2. The Morgan fingerprint density at radius 2 is 2.08 bits per heavy atom. The molecular formula is C15H16N4O3S2. The van der Waals surface area contributed by atoms with Crippen molar-refractivity contribution in [3.8, 4) is 0 Å². The maximum absolute atomic E-state index is 12.1. The molecule has 2 heterocycles. The van der Waals surface area contributed by atoms with E-state index >= 15 is 0 Å². The maximum atomic E-state index is 12.1. The van der Waals surface area contributed by atoms with E-state index in [1.807, 2.05) is 29.1 Å². The number of primary sulfonamides is 1. The van der Waals surface area contributed by atoms with Gasteiger partial charge in [-0.25, -0.2) is 18.5 Å². The first-order valence-electron chi connectivity index (χ1n) is 7.16. The Labute approximate surface area is 143 Å². The van der Waals surface area contributed by atoms with Crippen LogP contribution in [-0.4, -0.2) is 23.7 Å². The van der Waals surface area contributed by atoms with Gasteiger partial charge in [0.1, 0.15) is 0 Å². The molecule has 126 valence electrons. The predicted molar refractivity (Wildman–Crippen MR) is 91.1 cm³/mol. The summed E-state index contributed by atoms with van der Waals surface area (Å²) in [4.78, 5) is 17.4. The number of imidazole rings is 1. The van der Waals surface area contributed by atoms with Crippen molar-refractivity contribution in [3.05, 3.63) is 53.3 Å². The van der Waals surface area contributed by atoms with E-state index in [1.165, 1.54) is 23.5 Å². The number of nitrogens with two attached hydrogens (primary N) is 1. The van der Waals surface area contributed by atoms with Gasteiger partial charge in [-0.05, 0) is 24.6 Å². The minimum atomic E-state index is -3.71. The molecule has 0 fully saturated rings. The van der Waals surface area contributed by atoms with Crippen LogP contribution in [0.3, 0.4) is 0 Å². The molecule has 0 saturated carbocycles. The second-order valence-corrected chi connectivity index (χ2v) is 7.84. The van der Waals surface area contributed by atoms with Crippen LogP contribution in [0.4, 0.5) is 0 Å². The third-order valence-electron chi connectivity index (χ3n) is 3.57. The zero-order valence-electron chi connectivity index (χ0n) is 12.8. The van der Waals surface area contributed by atoms with Gasteiger partial charge in [-0.2, -0.15) is 0 Å². The van der Waals surface area contributed by atoms with Crippen molar-refractivity contribution < 1.29 is 13.2 Å². The highest BCUT2D eigenvalue weighted by Crippen LogP contribution is 2.16. The van der Waals surface area contributed by atoms with E-state index in [-0.39, 0.29) is 23.3 Å². The van der Waals surface area contributed by atoms with Gasteiger partial charge in [0.15, 0.2) is 4.96 Å². The third kappa shape index (κ3) is 3.64. The number of rotatable bonds is 5. The molecule has 1 aromatic carbocycles. The van der Waals surface area contributed by atoms with E-state index in [0.717, 1.165) is 10.5 Å². The molecule has 0 radical (unpaired) electrons. The first-order chi connectivity index (χ1) is 11.3. The van der Waals surface area contributed by atoms with Crippen molar-refractivity contribution in [1.82, 2.24) is 14.7 Å². The number of nitrogens with one attached hydrogen (secondary N) is 1. The van der Waals surface area contributed by atoms with Crippen molar-refractivity contribution in [2.24, 2.45) is 5.14 Å². The Bertz CT molecular complexity index is 945. The van der Waals surface area contributed by atoms with Crippen LogP contribution in [0.5, 0.6) is 0 Å². The number of fused-ring (bicyclic) bond motifs is 1. The number of sulfonamides is 1. The van der Waals surface area contributed by atoms with Crippen LogP contribution >= 0.6 is 11.3 Å². The summed E-state index contributed by atoms with van der Waals surface area (Å²) in [7, 11) is -3.71. The van der Waals surface area contributed by atoms with E-state index < -0.39 is 10.0 Å². The van der Waals surface area contributed by atoms with Gasteiger partial charge in [0, 0.05) is 17.8 Å². The van der Waals surface area contributed by atoms with Gasteiger partial charge in [0.2, 0.25) is 15.9 Å². The van der Waals surface area contributed by atoms with Crippen molar-refractivity contribution in [3.63, 3.8) is 0 Å². The van der Waals surface area contributed by atoms with Gasteiger partial charge in [0.25, 0.3) is 0 Å². The molecule has 0 aliphatic rings. The maximum Gasteiger partial charge on any atom is 0.238 e. The fourth-order valence-corrected chi connectivity index (χ4v) is 3.58. The fraction of sp³-hybridized carbons (Fsp3) is 0.200. The molecule has 0 bridgehead atoms. The number of amides is 1. The molecule has 1 unspecified atom stereocenters. The fourth-order valence-electron chi connectivity index (χ4n) is 2.35. The van der Waals surface area contributed by atoms with Gasteiger partial charge in [-0.15, -0.1) is 11.3 Å². The highest BCUT2D eigenvalue weighted by Gasteiger charge is 2.14. The minimum absolute atomic E-state index is 0.0443. The van der Waals surface area contributed by atoms with Gasteiger partial charge < -0.3 is 5.32 Å². The van der Waals surface area contributed by atoms with Gasteiger partial charge in [0.05, 0.1) is 23.1 Å². The number of hydrogen-bond donors (Lipinski definition) is 2. The largest absolute Gasteiger partial charge is 0.349 e. The Balaban J connectivity index is 1.64. The van der Waals surface area contributed by atoms with Crippen LogP contribution < -0.4 is 10.5 Å². The molecule has 2 aromatic heterocycles. The average molecular weight is 364 g/mol. The average Bonchev–Trinajstić information content (AvgIpc) is 3.07. The molecule has 3 aromatic rings. The number of thiazole rings is 1.